The van der Waals surface area contributed by atoms with Crippen molar-refractivity contribution in [3.63, 3.8) is 0 Å². The molecule has 0 bridgehead atoms. The van der Waals surface area contributed by atoms with Gasteiger partial charge >= 0.3 is 5.97 Å². The first-order chi connectivity index (χ1) is 10.1. The summed E-state index contributed by atoms with van der Waals surface area (Å²) in [6, 6.07) is 3.05. The number of rotatable bonds is 6. The van der Waals surface area contributed by atoms with Gasteiger partial charge in [0.15, 0.2) is 11.5 Å². The van der Waals surface area contributed by atoms with E-state index in [2.05, 4.69) is 15.6 Å². The van der Waals surface area contributed by atoms with Crippen molar-refractivity contribution in [1.29, 1.82) is 0 Å². The number of aromatic carboxylic acids is 1. The second-order valence-corrected chi connectivity index (χ2v) is 4.81. The van der Waals surface area contributed by atoms with Gasteiger partial charge in [-0.3, -0.25) is 9.59 Å². The van der Waals surface area contributed by atoms with Crippen molar-refractivity contribution in [2.45, 2.75) is 6.54 Å². The summed E-state index contributed by atoms with van der Waals surface area (Å²) < 4.78 is 4.87. The van der Waals surface area contributed by atoms with Crippen molar-refractivity contribution in [1.82, 2.24) is 15.6 Å². The fourth-order valence-corrected chi connectivity index (χ4v) is 2.09. The molecule has 0 fully saturated rings. The minimum Gasteiger partial charge on any atom is -0.476 e. The molecule has 0 aromatic carbocycles. The minimum absolute atomic E-state index is 0.0598. The highest BCUT2D eigenvalue weighted by molar-refractivity contribution is 7.09. The summed E-state index contributed by atoms with van der Waals surface area (Å²) in [5.74, 6) is -1.90. The topological polar surface area (TPSA) is 122 Å². The predicted octanol–water partition coefficient (Wildman–Crippen LogP) is 0.481. The molecule has 0 radical (unpaired) electrons. The Balaban J connectivity index is 1.74. The van der Waals surface area contributed by atoms with E-state index >= 15 is 0 Å². The molecule has 0 unspecified atom stereocenters. The molecule has 2 amide bonds. The Kier molecular flexibility index (Phi) is 4.67. The average Bonchev–Trinajstić information content (AvgIpc) is 3.13. The first-order valence-corrected chi connectivity index (χ1v) is 6.70. The summed E-state index contributed by atoms with van der Waals surface area (Å²) in [5.41, 5.74) is -0.0598. The molecule has 8 nitrogen and oxygen atoms in total. The molecule has 0 spiro atoms. The lowest BCUT2D eigenvalue weighted by atomic mass is 10.4. The van der Waals surface area contributed by atoms with Crippen molar-refractivity contribution < 1.29 is 23.9 Å². The lowest BCUT2D eigenvalue weighted by Crippen LogP contribution is -2.36. The summed E-state index contributed by atoms with van der Waals surface area (Å²) in [7, 11) is 0. The van der Waals surface area contributed by atoms with Gasteiger partial charge in [0.05, 0.1) is 19.4 Å². The molecule has 0 aliphatic rings. The van der Waals surface area contributed by atoms with Gasteiger partial charge in [-0.15, -0.1) is 11.3 Å². The van der Waals surface area contributed by atoms with E-state index in [1.807, 2.05) is 0 Å². The normalized spacial score (nSPS) is 10.1. The van der Waals surface area contributed by atoms with Gasteiger partial charge in [-0.25, -0.2) is 9.78 Å². The van der Waals surface area contributed by atoms with Crippen LogP contribution >= 0.6 is 11.3 Å². The highest BCUT2D eigenvalue weighted by Crippen LogP contribution is 2.09. The number of carbonyl (C=O) groups excluding carboxylic acids is 2. The van der Waals surface area contributed by atoms with Crippen molar-refractivity contribution in [3.05, 3.63) is 40.2 Å². The molecule has 21 heavy (non-hydrogen) atoms. The Morgan fingerprint density at radius 3 is 2.76 bits per heavy atom. The maximum absolute atomic E-state index is 11.5. The van der Waals surface area contributed by atoms with E-state index in [1.54, 1.807) is 6.07 Å². The molecule has 9 heteroatoms. The number of hydrogen-bond donors (Lipinski definition) is 3. The zero-order chi connectivity index (χ0) is 15.2. The number of nitrogens with one attached hydrogen (secondary N) is 2. The smallest absolute Gasteiger partial charge is 0.355 e. The molecule has 0 atom stereocenters. The Bertz CT molecular complexity index is 650. The van der Waals surface area contributed by atoms with Crippen molar-refractivity contribution in [3.8, 4) is 0 Å². The molecule has 110 valence electrons. The van der Waals surface area contributed by atoms with Crippen LogP contribution in [0.2, 0.25) is 0 Å². The standard InChI is InChI=1S/C12H11N3O5S/c16-9(4-14-11(17)8-2-1-3-20-8)13-5-10-15-7(6-21-10)12(18)19/h1-3,6H,4-5H2,(H,13,16)(H,14,17)(H,18,19). The summed E-state index contributed by atoms with van der Waals surface area (Å²) in [4.78, 5) is 37.5. The Hall–Kier alpha value is -2.68. The zero-order valence-electron chi connectivity index (χ0n) is 10.7. The van der Waals surface area contributed by atoms with Crippen molar-refractivity contribution in [2.75, 3.05) is 6.54 Å². The Labute approximate surface area is 122 Å². The molecule has 2 aromatic rings. The largest absolute Gasteiger partial charge is 0.476 e. The molecule has 2 aromatic heterocycles. The minimum atomic E-state index is -1.12. The highest BCUT2D eigenvalue weighted by atomic mass is 32.1. The van der Waals surface area contributed by atoms with E-state index in [0.29, 0.717) is 5.01 Å². The van der Waals surface area contributed by atoms with E-state index in [-0.39, 0.29) is 24.5 Å². The van der Waals surface area contributed by atoms with Crippen LogP contribution in [0.5, 0.6) is 0 Å². The van der Waals surface area contributed by atoms with Crippen LogP contribution in [0.15, 0.2) is 28.2 Å². The van der Waals surface area contributed by atoms with E-state index in [4.69, 9.17) is 9.52 Å². The number of carbonyl (C=O) groups is 3. The van der Waals surface area contributed by atoms with Crippen LogP contribution in [0, 0.1) is 0 Å². The summed E-state index contributed by atoms with van der Waals surface area (Å²) in [5, 5.41) is 15.5. The van der Waals surface area contributed by atoms with Gasteiger partial charge in [-0.1, -0.05) is 0 Å². The second kappa shape index (κ2) is 6.66. The summed E-state index contributed by atoms with van der Waals surface area (Å²) >= 11 is 1.13. The average molecular weight is 309 g/mol. The van der Waals surface area contributed by atoms with Gasteiger partial charge in [-0.05, 0) is 12.1 Å². The molecule has 0 saturated heterocycles. The molecule has 3 N–H and O–H groups in total. The van der Waals surface area contributed by atoms with Crippen LogP contribution in [0.3, 0.4) is 0 Å². The lowest BCUT2D eigenvalue weighted by molar-refractivity contribution is -0.120. The van der Waals surface area contributed by atoms with E-state index in [1.165, 1.54) is 17.7 Å². The van der Waals surface area contributed by atoms with Gasteiger partial charge in [-0.2, -0.15) is 0 Å². The van der Waals surface area contributed by atoms with Gasteiger partial charge < -0.3 is 20.2 Å². The van der Waals surface area contributed by atoms with E-state index in [9.17, 15) is 14.4 Å². The Morgan fingerprint density at radius 1 is 1.33 bits per heavy atom. The molecular weight excluding hydrogens is 298 g/mol. The number of furan rings is 1. The second-order valence-electron chi connectivity index (χ2n) is 3.87. The molecule has 0 saturated carbocycles. The van der Waals surface area contributed by atoms with Crippen LogP contribution in [0.25, 0.3) is 0 Å². The molecular formula is C12H11N3O5S. The predicted molar refractivity (Wildman–Crippen MR) is 72.0 cm³/mol. The highest BCUT2D eigenvalue weighted by Gasteiger charge is 2.11. The Morgan fingerprint density at radius 2 is 2.14 bits per heavy atom. The maximum atomic E-state index is 11.5. The van der Waals surface area contributed by atoms with Crippen LogP contribution in [-0.2, 0) is 11.3 Å². The van der Waals surface area contributed by atoms with E-state index in [0.717, 1.165) is 11.3 Å². The quantitative estimate of drug-likeness (QED) is 0.713. The van der Waals surface area contributed by atoms with Crippen LogP contribution in [0.1, 0.15) is 26.1 Å². The van der Waals surface area contributed by atoms with Crippen LogP contribution < -0.4 is 10.6 Å². The number of nitrogens with zero attached hydrogens (tertiary/aromatic N) is 1. The molecule has 2 heterocycles. The fourth-order valence-electron chi connectivity index (χ4n) is 1.38. The zero-order valence-corrected chi connectivity index (χ0v) is 11.5. The van der Waals surface area contributed by atoms with Gasteiger partial charge in [0.25, 0.3) is 5.91 Å². The number of amides is 2. The fraction of sp³-hybridized carbons (Fsp3) is 0.167. The number of carboxylic acids is 1. The van der Waals surface area contributed by atoms with Gasteiger partial charge in [0.2, 0.25) is 5.91 Å². The number of aromatic nitrogens is 1. The third-order valence-electron chi connectivity index (χ3n) is 2.36. The summed E-state index contributed by atoms with van der Waals surface area (Å²) in [6.45, 7) is -0.107. The SMILES string of the molecule is O=C(CNC(=O)c1ccco1)NCc1nc(C(=O)O)cs1. The first-order valence-electron chi connectivity index (χ1n) is 5.82. The number of hydrogen-bond acceptors (Lipinski definition) is 6. The van der Waals surface area contributed by atoms with Gasteiger partial charge in [0.1, 0.15) is 5.01 Å². The lowest BCUT2D eigenvalue weighted by Gasteiger charge is -2.04. The van der Waals surface area contributed by atoms with Crippen molar-refractivity contribution >= 4 is 29.1 Å². The molecule has 0 aliphatic carbocycles. The third-order valence-corrected chi connectivity index (χ3v) is 3.21. The first kappa shape index (κ1) is 14.7. The van der Waals surface area contributed by atoms with Crippen molar-refractivity contribution in [2.24, 2.45) is 0 Å². The van der Waals surface area contributed by atoms with E-state index < -0.39 is 17.8 Å². The van der Waals surface area contributed by atoms with Gasteiger partial charge in [0, 0.05) is 5.38 Å². The maximum Gasteiger partial charge on any atom is 0.355 e. The number of thiazole rings is 1. The summed E-state index contributed by atoms with van der Waals surface area (Å²) in [6.07, 6.45) is 1.36. The molecule has 2 rings (SSSR count). The number of carboxylic acid groups (broad SMARTS) is 1. The third kappa shape index (κ3) is 4.14. The monoisotopic (exact) mass is 309 g/mol. The van der Waals surface area contributed by atoms with Crippen LogP contribution in [0.4, 0.5) is 0 Å². The van der Waals surface area contributed by atoms with Crippen LogP contribution in [-0.4, -0.2) is 34.4 Å². The molecule has 0 aliphatic heterocycles.